The highest BCUT2D eigenvalue weighted by Gasteiger charge is 2.59. The van der Waals surface area contributed by atoms with E-state index in [9.17, 15) is 18.0 Å². The molecule has 120 valence electrons. The lowest BCUT2D eigenvalue weighted by molar-refractivity contribution is -0.162. The fourth-order valence-corrected chi connectivity index (χ4v) is 3.46. The molecule has 2 amide bonds. The van der Waals surface area contributed by atoms with Crippen LogP contribution in [-0.2, 0) is 19.4 Å². The molecule has 0 bridgehead atoms. The molecular formula is C14H24N2O4S. The van der Waals surface area contributed by atoms with Crippen LogP contribution in [0.1, 0.15) is 40.0 Å². The van der Waals surface area contributed by atoms with Gasteiger partial charge >= 0.3 is 0 Å². The molecule has 1 N–H and O–H groups in total. The minimum Gasteiger partial charge on any atom is -0.340 e. The van der Waals surface area contributed by atoms with Crippen molar-refractivity contribution < 1.29 is 18.0 Å². The summed E-state index contributed by atoms with van der Waals surface area (Å²) >= 11 is 0. The van der Waals surface area contributed by atoms with Crippen LogP contribution in [0.3, 0.4) is 0 Å². The van der Waals surface area contributed by atoms with Gasteiger partial charge in [-0.25, -0.2) is 8.42 Å². The molecule has 7 heteroatoms. The highest BCUT2D eigenvalue weighted by atomic mass is 32.2. The Labute approximate surface area is 126 Å². The van der Waals surface area contributed by atoms with Gasteiger partial charge in [-0.15, -0.1) is 0 Å². The molecule has 2 unspecified atom stereocenters. The van der Waals surface area contributed by atoms with Crippen molar-refractivity contribution in [2.75, 3.05) is 18.6 Å². The maximum absolute atomic E-state index is 12.8. The molecule has 0 aromatic carbocycles. The van der Waals surface area contributed by atoms with Gasteiger partial charge in [0.2, 0.25) is 11.8 Å². The number of nitrogens with zero attached hydrogens (tertiary/aromatic N) is 1. The fraction of sp³-hybridized carbons (Fsp3) is 0.857. The van der Waals surface area contributed by atoms with Crippen LogP contribution in [-0.4, -0.2) is 54.8 Å². The van der Waals surface area contributed by atoms with E-state index in [0.717, 1.165) is 19.1 Å². The zero-order valence-corrected chi connectivity index (χ0v) is 13.9. The molecule has 1 aliphatic carbocycles. The summed E-state index contributed by atoms with van der Waals surface area (Å²) < 4.78 is 22.9. The first-order chi connectivity index (χ1) is 9.54. The van der Waals surface area contributed by atoms with E-state index < -0.39 is 20.9 Å². The Morgan fingerprint density at radius 1 is 1.29 bits per heavy atom. The van der Waals surface area contributed by atoms with E-state index in [2.05, 4.69) is 5.32 Å². The second kappa shape index (κ2) is 4.97. The maximum atomic E-state index is 12.8. The number of piperazine rings is 1. The van der Waals surface area contributed by atoms with Crippen LogP contribution in [0.25, 0.3) is 0 Å². The van der Waals surface area contributed by atoms with Crippen LogP contribution in [0, 0.1) is 5.92 Å². The molecule has 2 atom stereocenters. The molecule has 1 heterocycles. The second-order valence-electron chi connectivity index (χ2n) is 6.65. The van der Waals surface area contributed by atoms with E-state index in [1.165, 1.54) is 4.90 Å². The molecule has 0 aromatic rings. The number of amides is 2. The van der Waals surface area contributed by atoms with Crippen molar-refractivity contribution in [2.45, 2.75) is 51.1 Å². The number of hydrogen-bond donors (Lipinski definition) is 1. The lowest BCUT2D eigenvalue weighted by Gasteiger charge is -2.50. The Morgan fingerprint density at radius 3 is 2.29 bits per heavy atom. The van der Waals surface area contributed by atoms with Crippen LogP contribution >= 0.6 is 0 Å². The molecule has 2 fully saturated rings. The summed E-state index contributed by atoms with van der Waals surface area (Å²) in [4.78, 5) is 26.9. The smallest absolute Gasteiger partial charge is 0.248 e. The summed E-state index contributed by atoms with van der Waals surface area (Å²) in [7, 11) is -3.19. The van der Waals surface area contributed by atoms with Gasteiger partial charge in [-0.3, -0.25) is 9.59 Å². The molecule has 21 heavy (non-hydrogen) atoms. The zero-order chi connectivity index (χ0) is 16.1. The average Bonchev–Trinajstić information content (AvgIpc) is 3.19. The van der Waals surface area contributed by atoms with Crippen molar-refractivity contribution in [1.82, 2.24) is 10.2 Å². The predicted molar refractivity (Wildman–Crippen MR) is 79.4 cm³/mol. The number of rotatable bonds is 5. The predicted octanol–water partition coefficient (Wildman–Crippen LogP) is 0.327. The quantitative estimate of drug-likeness (QED) is 0.792. The minimum absolute atomic E-state index is 0.0771. The van der Waals surface area contributed by atoms with Crippen molar-refractivity contribution in [3.05, 3.63) is 0 Å². The molecular weight excluding hydrogens is 292 g/mol. The molecule has 0 aromatic heterocycles. The van der Waals surface area contributed by atoms with Crippen molar-refractivity contribution in [3.63, 3.8) is 0 Å². The first-order valence-electron chi connectivity index (χ1n) is 7.37. The summed E-state index contributed by atoms with van der Waals surface area (Å²) in [6.45, 7) is 5.38. The SMILES string of the molecule is CCC1(C)NC(=O)C(C)(C2CC2)N(CCS(C)(=O)=O)C1=O. The van der Waals surface area contributed by atoms with Gasteiger partial charge in [-0.1, -0.05) is 6.92 Å². The van der Waals surface area contributed by atoms with Crippen LogP contribution in [0.2, 0.25) is 0 Å². The summed E-state index contributed by atoms with van der Waals surface area (Å²) in [5, 5.41) is 2.85. The Hall–Kier alpha value is -1.11. The Balaban J connectivity index is 2.36. The normalized spacial score (nSPS) is 34.0. The number of hydrogen-bond acceptors (Lipinski definition) is 4. The number of carbonyl (C=O) groups excluding carboxylic acids is 2. The molecule has 6 nitrogen and oxygen atoms in total. The van der Waals surface area contributed by atoms with Crippen LogP contribution < -0.4 is 5.32 Å². The maximum Gasteiger partial charge on any atom is 0.248 e. The Bertz CT molecular complexity index is 570. The molecule has 0 spiro atoms. The standard InChI is InChI=1S/C14H24N2O4S/c1-5-13(2)12(18)16(8-9-21(4,19)20)14(3,10-6-7-10)11(17)15-13/h10H,5-9H2,1-4H3,(H,15,17). The van der Waals surface area contributed by atoms with Crippen LogP contribution in [0.15, 0.2) is 0 Å². The lowest BCUT2D eigenvalue weighted by atomic mass is 9.83. The first-order valence-corrected chi connectivity index (χ1v) is 9.43. The molecule has 0 radical (unpaired) electrons. The topological polar surface area (TPSA) is 83.6 Å². The highest BCUT2D eigenvalue weighted by molar-refractivity contribution is 7.90. The molecule has 1 saturated heterocycles. The number of carbonyl (C=O) groups is 2. The van der Waals surface area contributed by atoms with E-state index in [1.54, 1.807) is 13.8 Å². The zero-order valence-electron chi connectivity index (χ0n) is 13.1. The second-order valence-corrected chi connectivity index (χ2v) is 8.91. The third-order valence-electron chi connectivity index (χ3n) is 4.89. The number of sulfone groups is 1. The van der Waals surface area contributed by atoms with Crippen molar-refractivity contribution in [3.8, 4) is 0 Å². The minimum atomic E-state index is -3.19. The third kappa shape index (κ3) is 2.80. The van der Waals surface area contributed by atoms with Crippen molar-refractivity contribution in [2.24, 2.45) is 5.92 Å². The summed E-state index contributed by atoms with van der Waals surface area (Å²) in [6, 6.07) is 0. The van der Waals surface area contributed by atoms with Crippen molar-refractivity contribution in [1.29, 1.82) is 0 Å². The van der Waals surface area contributed by atoms with Gasteiger partial charge in [0, 0.05) is 12.8 Å². The average molecular weight is 316 g/mol. The van der Waals surface area contributed by atoms with E-state index in [0.29, 0.717) is 6.42 Å². The van der Waals surface area contributed by atoms with E-state index in [1.807, 2.05) is 6.92 Å². The largest absolute Gasteiger partial charge is 0.340 e. The summed E-state index contributed by atoms with van der Waals surface area (Å²) in [5.41, 5.74) is -1.86. The van der Waals surface area contributed by atoms with E-state index in [4.69, 9.17) is 0 Å². The molecule has 2 aliphatic rings. The van der Waals surface area contributed by atoms with E-state index >= 15 is 0 Å². The van der Waals surface area contributed by atoms with Gasteiger partial charge in [0.05, 0.1) is 5.75 Å². The molecule has 1 aliphatic heterocycles. The number of nitrogens with one attached hydrogen (secondary N) is 1. The Morgan fingerprint density at radius 2 is 1.86 bits per heavy atom. The summed E-state index contributed by atoms with van der Waals surface area (Å²) in [6.07, 6.45) is 3.42. The molecule has 1 saturated carbocycles. The highest BCUT2D eigenvalue weighted by Crippen LogP contribution is 2.46. The Kier molecular flexibility index (Phi) is 3.85. The van der Waals surface area contributed by atoms with Gasteiger partial charge in [-0.05, 0) is 39.0 Å². The first kappa shape index (κ1) is 16.3. The fourth-order valence-electron chi connectivity index (χ4n) is 2.94. The van der Waals surface area contributed by atoms with E-state index in [-0.39, 0.29) is 30.0 Å². The van der Waals surface area contributed by atoms with Crippen LogP contribution in [0.4, 0.5) is 0 Å². The van der Waals surface area contributed by atoms with Gasteiger partial charge in [-0.2, -0.15) is 0 Å². The van der Waals surface area contributed by atoms with Crippen LogP contribution in [0.5, 0.6) is 0 Å². The summed E-state index contributed by atoms with van der Waals surface area (Å²) in [5.74, 6) is -0.332. The van der Waals surface area contributed by atoms with Gasteiger partial charge in [0.1, 0.15) is 20.9 Å². The monoisotopic (exact) mass is 316 g/mol. The molecule has 2 rings (SSSR count). The van der Waals surface area contributed by atoms with Gasteiger partial charge in [0.15, 0.2) is 0 Å². The van der Waals surface area contributed by atoms with Gasteiger partial charge < -0.3 is 10.2 Å². The van der Waals surface area contributed by atoms with Gasteiger partial charge in [0.25, 0.3) is 0 Å². The van der Waals surface area contributed by atoms with Crippen molar-refractivity contribution >= 4 is 21.7 Å². The lowest BCUT2D eigenvalue weighted by Crippen LogP contribution is -2.75. The third-order valence-corrected chi connectivity index (χ3v) is 5.82.